The third kappa shape index (κ3) is 4.35. The van der Waals surface area contributed by atoms with E-state index in [4.69, 9.17) is 12.2 Å². The molecule has 1 fully saturated rings. The van der Waals surface area contributed by atoms with Gasteiger partial charge in [0.2, 0.25) is 0 Å². The van der Waals surface area contributed by atoms with Gasteiger partial charge in [0.25, 0.3) is 0 Å². The Morgan fingerprint density at radius 3 is 1.97 bits per heavy atom. The molecule has 4 aromatic rings. The molecule has 1 aliphatic heterocycles. The number of anilines is 3. The maximum absolute atomic E-state index is 5.90. The summed E-state index contributed by atoms with van der Waals surface area (Å²) < 4.78 is 2.25. The molecule has 35 heavy (non-hydrogen) atoms. The normalized spacial score (nSPS) is 17.4. The summed E-state index contributed by atoms with van der Waals surface area (Å²) in [6, 6.07) is 27.3. The highest BCUT2D eigenvalue weighted by Crippen LogP contribution is 2.42. The van der Waals surface area contributed by atoms with Crippen LogP contribution >= 0.6 is 12.2 Å². The minimum atomic E-state index is -0.0908. The predicted octanol–water partition coefficient (Wildman–Crippen LogP) is 5.18. The monoisotopic (exact) mass is 482 g/mol. The average molecular weight is 483 g/mol. The van der Waals surface area contributed by atoms with E-state index < -0.39 is 0 Å². The molecule has 1 aliphatic rings. The Balaban J connectivity index is 1.61. The Labute approximate surface area is 212 Å². The Morgan fingerprint density at radius 2 is 1.40 bits per heavy atom. The quantitative estimate of drug-likeness (QED) is 0.382. The van der Waals surface area contributed by atoms with Gasteiger partial charge in [0.05, 0.1) is 11.7 Å². The van der Waals surface area contributed by atoms with Gasteiger partial charge in [-0.05, 0) is 85.0 Å². The second-order valence-corrected chi connectivity index (χ2v) is 9.51. The number of hydrogen-bond acceptors (Lipinski definition) is 4. The molecule has 2 atom stereocenters. The number of hydrogen-bond donors (Lipinski definition) is 1. The lowest BCUT2D eigenvalue weighted by atomic mass is 10.0. The largest absolute Gasteiger partial charge is 0.378 e. The third-order valence-electron chi connectivity index (χ3n) is 6.47. The van der Waals surface area contributed by atoms with Gasteiger partial charge in [-0.3, -0.25) is 4.98 Å². The number of rotatable bonds is 6. The lowest BCUT2D eigenvalue weighted by molar-refractivity contribution is 0.549. The molecule has 0 spiro atoms. The first-order valence-corrected chi connectivity index (χ1v) is 12.1. The second kappa shape index (κ2) is 9.43. The predicted molar refractivity (Wildman–Crippen MR) is 149 cm³/mol. The molecule has 2 aromatic carbocycles. The molecule has 0 saturated carbocycles. The van der Waals surface area contributed by atoms with Crippen molar-refractivity contribution in [2.24, 2.45) is 0 Å². The second-order valence-electron chi connectivity index (χ2n) is 9.12. The van der Waals surface area contributed by atoms with Gasteiger partial charge >= 0.3 is 0 Å². The average Bonchev–Trinajstić information content (AvgIpc) is 3.49. The van der Waals surface area contributed by atoms with E-state index >= 15 is 0 Å². The van der Waals surface area contributed by atoms with E-state index in [2.05, 4.69) is 117 Å². The molecule has 0 radical (unpaired) electrons. The first-order chi connectivity index (χ1) is 16.9. The number of aromatic nitrogens is 2. The molecule has 178 valence electrons. The molecule has 0 amide bonds. The Bertz CT molecular complexity index is 1300. The van der Waals surface area contributed by atoms with Crippen molar-refractivity contribution in [3.63, 3.8) is 0 Å². The number of benzene rings is 2. The fraction of sp³-hybridized carbons (Fsp3) is 0.214. The summed E-state index contributed by atoms with van der Waals surface area (Å²) >= 11 is 5.90. The van der Waals surface area contributed by atoms with Crippen LogP contribution < -0.4 is 20.0 Å². The number of thiocarbonyl (C=S) groups is 1. The van der Waals surface area contributed by atoms with Crippen LogP contribution in [0, 0.1) is 0 Å². The zero-order valence-electron chi connectivity index (χ0n) is 20.5. The van der Waals surface area contributed by atoms with Gasteiger partial charge in [-0.1, -0.05) is 6.07 Å². The van der Waals surface area contributed by atoms with E-state index in [1.54, 1.807) is 0 Å². The maximum atomic E-state index is 5.90. The fourth-order valence-electron chi connectivity index (χ4n) is 4.63. The molecule has 6 nitrogen and oxygen atoms in total. The molecule has 3 heterocycles. The Hall–Kier alpha value is -3.84. The van der Waals surface area contributed by atoms with Crippen LogP contribution in [0.2, 0.25) is 0 Å². The topological polar surface area (TPSA) is 39.6 Å². The van der Waals surface area contributed by atoms with E-state index in [0.717, 1.165) is 28.5 Å². The molecule has 0 unspecified atom stereocenters. The molecule has 5 rings (SSSR count). The van der Waals surface area contributed by atoms with Crippen molar-refractivity contribution in [1.82, 2.24) is 14.9 Å². The zero-order valence-corrected chi connectivity index (χ0v) is 21.3. The molecule has 1 N–H and O–H groups in total. The van der Waals surface area contributed by atoms with Crippen molar-refractivity contribution in [1.29, 1.82) is 0 Å². The van der Waals surface area contributed by atoms with Crippen molar-refractivity contribution in [2.75, 3.05) is 42.9 Å². The van der Waals surface area contributed by atoms with Crippen LogP contribution in [-0.4, -0.2) is 42.9 Å². The summed E-state index contributed by atoms with van der Waals surface area (Å²) in [7, 11) is 8.20. The molecule has 0 bridgehead atoms. The molecular formula is C28H30N6S. The summed E-state index contributed by atoms with van der Waals surface area (Å²) in [6.45, 7) is 0. The van der Waals surface area contributed by atoms with Gasteiger partial charge in [0.1, 0.15) is 6.04 Å². The lowest BCUT2D eigenvalue weighted by Gasteiger charge is -2.29. The van der Waals surface area contributed by atoms with Crippen LogP contribution in [-0.2, 0) is 0 Å². The van der Waals surface area contributed by atoms with Crippen LogP contribution in [0.15, 0.2) is 91.3 Å². The van der Waals surface area contributed by atoms with Gasteiger partial charge in [-0.25, -0.2) is 0 Å². The van der Waals surface area contributed by atoms with Crippen molar-refractivity contribution >= 4 is 34.4 Å². The highest BCUT2D eigenvalue weighted by atomic mass is 32.1. The van der Waals surface area contributed by atoms with Crippen molar-refractivity contribution in [3.8, 4) is 5.69 Å². The molecule has 0 aliphatic carbocycles. The van der Waals surface area contributed by atoms with E-state index in [9.17, 15) is 0 Å². The summed E-state index contributed by atoms with van der Waals surface area (Å²) in [5.74, 6) is 0. The molecule has 1 saturated heterocycles. The smallest absolute Gasteiger partial charge is 0.174 e. The van der Waals surface area contributed by atoms with E-state index in [1.807, 2.05) is 32.4 Å². The van der Waals surface area contributed by atoms with Gasteiger partial charge < -0.3 is 24.6 Å². The molecule has 2 aromatic heterocycles. The lowest BCUT2D eigenvalue weighted by Crippen LogP contribution is -2.30. The number of nitrogens with zero attached hydrogens (tertiary/aromatic N) is 5. The number of nitrogens with one attached hydrogen (secondary N) is 1. The highest BCUT2D eigenvalue weighted by Gasteiger charge is 2.42. The van der Waals surface area contributed by atoms with Gasteiger partial charge in [-0.2, -0.15) is 0 Å². The zero-order chi connectivity index (χ0) is 24.5. The molecule has 7 heteroatoms. The summed E-state index contributed by atoms with van der Waals surface area (Å²) in [6.07, 6.45) is 3.95. The minimum Gasteiger partial charge on any atom is -0.378 e. The Morgan fingerprint density at radius 1 is 0.771 bits per heavy atom. The Kier molecular flexibility index (Phi) is 6.17. The van der Waals surface area contributed by atoms with Gasteiger partial charge in [0, 0.05) is 69.0 Å². The summed E-state index contributed by atoms with van der Waals surface area (Å²) in [5, 5.41) is 4.26. The fourth-order valence-corrected chi connectivity index (χ4v) is 4.97. The first kappa shape index (κ1) is 22.9. The van der Waals surface area contributed by atoms with Crippen molar-refractivity contribution in [3.05, 3.63) is 103 Å². The van der Waals surface area contributed by atoms with Crippen LogP contribution in [0.25, 0.3) is 5.69 Å². The van der Waals surface area contributed by atoms with Crippen LogP contribution in [0.3, 0.4) is 0 Å². The van der Waals surface area contributed by atoms with E-state index in [0.29, 0.717) is 5.11 Å². The minimum absolute atomic E-state index is 0.0777. The van der Waals surface area contributed by atoms with E-state index in [-0.39, 0.29) is 12.1 Å². The number of pyridine rings is 1. The van der Waals surface area contributed by atoms with Gasteiger partial charge in [-0.15, -0.1) is 0 Å². The third-order valence-corrected chi connectivity index (χ3v) is 6.78. The molecular weight excluding hydrogens is 452 g/mol. The maximum Gasteiger partial charge on any atom is 0.174 e. The highest BCUT2D eigenvalue weighted by molar-refractivity contribution is 7.80. The summed E-state index contributed by atoms with van der Waals surface area (Å²) in [4.78, 5) is 11.1. The SMILES string of the molecule is CN(C)c1ccc(N2C(=S)N[C@H](c3ccccn3)[C@@H]2c2cccn2-c2ccc(N(C)C)cc2)cc1. The van der Waals surface area contributed by atoms with Crippen LogP contribution in [0.5, 0.6) is 0 Å². The van der Waals surface area contributed by atoms with Crippen LogP contribution in [0.1, 0.15) is 23.5 Å². The standard InChI is InChI=1S/C28H30N6S/c1-31(2)20-10-14-22(15-11-20)33-19-7-9-25(33)27-26(24-8-5-6-18-29-24)30-28(35)34(27)23-16-12-21(13-17-23)32(3)4/h5-19,26-27H,1-4H3,(H,30,35)/t26-,27+/m1/s1. The van der Waals surface area contributed by atoms with Crippen molar-refractivity contribution in [2.45, 2.75) is 12.1 Å². The summed E-state index contributed by atoms with van der Waals surface area (Å²) in [5.41, 5.74) is 6.57. The van der Waals surface area contributed by atoms with Crippen molar-refractivity contribution < 1.29 is 0 Å². The first-order valence-electron chi connectivity index (χ1n) is 11.7. The van der Waals surface area contributed by atoms with E-state index in [1.165, 1.54) is 5.69 Å². The van der Waals surface area contributed by atoms with Gasteiger partial charge in [0.15, 0.2) is 5.11 Å². The van der Waals surface area contributed by atoms with Crippen LogP contribution in [0.4, 0.5) is 17.1 Å².